The van der Waals surface area contributed by atoms with Crippen LogP contribution in [0.3, 0.4) is 0 Å². The minimum absolute atomic E-state index is 0.00719. The molecule has 3 heterocycles. The van der Waals surface area contributed by atoms with Gasteiger partial charge in [-0.2, -0.15) is 13.2 Å². The number of aromatic nitrogens is 3. The number of nitrogens with one attached hydrogen (secondary N) is 1. The molecule has 2 aliphatic heterocycles. The molecule has 0 aliphatic carbocycles. The number of fused-ring (bicyclic) bond motifs is 2. The molecule has 1 aromatic carbocycles. The highest BCUT2D eigenvalue weighted by Crippen LogP contribution is 2.38. The Morgan fingerprint density at radius 3 is 2.72 bits per heavy atom. The van der Waals surface area contributed by atoms with Gasteiger partial charge >= 0.3 is 6.18 Å². The van der Waals surface area contributed by atoms with E-state index in [-0.39, 0.29) is 18.9 Å². The first-order valence-electron chi connectivity index (χ1n) is 8.95. The lowest BCUT2D eigenvalue weighted by Crippen LogP contribution is -2.61. The fourth-order valence-electron chi connectivity index (χ4n) is 3.63. The van der Waals surface area contributed by atoms with Crippen molar-refractivity contribution in [1.82, 2.24) is 19.7 Å². The maximum Gasteiger partial charge on any atom is 0.451 e. The molecule has 8 nitrogen and oxygen atoms in total. The quantitative estimate of drug-likeness (QED) is 0.730. The van der Waals surface area contributed by atoms with Gasteiger partial charge in [0.1, 0.15) is 5.75 Å². The highest BCUT2D eigenvalue weighted by Gasteiger charge is 2.52. The third kappa shape index (κ3) is 2.91. The number of alkyl halides is 3. The number of rotatable bonds is 1. The number of ether oxygens (including phenoxy) is 1. The van der Waals surface area contributed by atoms with Crippen LogP contribution in [0.1, 0.15) is 37.1 Å². The molecule has 2 amide bonds. The SMILES string of the molecule is Cc1ccc2c(c1)NC(=O)C(C)(C(=O)N1CCn3c(nnc3C(F)(F)F)C1C)O2. The Bertz CT molecular complexity index is 1020. The first-order valence-corrected chi connectivity index (χ1v) is 8.95. The molecule has 2 unspecified atom stereocenters. The summed E-state index contributed by atoms with van der Waals surface area (Å²) in [5.74, 6) is -2.05. The van der Waals surface area contributed by atoms with Gasteiger partial charge in [0.05, 0.1) is 11.7 Å². The van der Waals surface area contributed by atoms with Gasteiger partial charge in [-0.1, -0.05) is 6.07 Å². The molecule has 0 radical (unpaired) electrons. The van der Waals surface area contributed by atoms with Crippen molar-refractivity contribution in [2.75, 3.05) is 11.9 Å². The molecule has 1 N–H and O–H groups in total. The number of amides is 2. The molecule has 1 aromatic heterocycles. The lowest BCUT2D eigenvalue weighted by Gasteiger charge is -2.40. The van der Waals surface area contributed by atoms with Gasteiger partial charge in [-0.3, -0.25) is 9.59 Å². The van der Waals surface area contributed by atoms with Gasteiger partial charge in [0, 0.05) is 13.1 Å². The lowest BCUT2D eigenvalue weighted by molar-refractivity contribution is -0.157. The summed E-state index contributed by atoms with van der Waals surface area (Å²) in [5.41, 5.74) is -0.487. The van der Waals surface area contributed by atoms with E-state index >= 15 is 0 Å². The van der Waals surface area contributed by atoms with Crippen molar-refractivity contribution in [3.8, 4) is 5.75 Å². The Morgan fingerprint density at radius 1 is 1.31 bits per heavy atom. The first kappa shape index (κ1) is 19.2. The van der Waals surface area contributed by atoms with Crippen LogP contribution in [0, 0.1) is 6.92 Å². The van der Waals surface area contributed by atoms with E-state index in [0.29, 0.717) is 11.4 Å². The average Bonchev–Trinajstić information content (AvgIpc) is 3.08. The van der Waals surface area contributed by atoms with E-state index in [1.807, 2.05) is 6.92 Å². The van der Waals surface area contributed by atoms with Gasteiger partial charge in [0.2, 0.25) is 5.82 Å². The summed E-state index contributed by atoms with van der Waals surface area (Å²) in [6.07, 6.45) is -4.64. The Hall–Kier alpha value is -3.11. The number of anilines is 1. The molecule has 0 saturated heterocycles. The lowest BCUT2D eigenvalue weighted by atomic mass is 9.98. The highest BCUT2D eigenvalue weighted by molar-refractivity contribution is 6.15. The molecule has 0 saturated carbocycles. The van der Waals surface area contributed by atoms with Crippen LogP contribution in [0.4, 0.5) is 18.9 Å². The van der Waals surface area contributed by atoms with E-state index in [2.05, 4.69) is 15.5 Å². The number of carbonyl (C=O) groups excluding carboxylic acids is 2. The van der Waals surface area contributed by atoms with E-state index in [0.717, 1.165) is 10.1 Å². The normalized spacial score (nSPS) is 23.7. The predicted octanol–water partition coefficient (Wildman–Crippen LogP) is 2.30. The summed E-state index contributed by atoms with van der Waals surface area (Å²) in [7, 11) is 0. The number of hydrogen-bond donors (Lipinski definition) is 1. The minimum atomic E-state index is -4.64. The van der Waals surface area contributed by atoms with Gasteiger partial charge in [-0.25, -0.2) is 0 Å². The monoisotopic (exact) mass is 409 g/mol. The third-order valence-electron chi connectivity index (χ3n) is 5.24. The van der Waals surface area contributed by atoms with E-state index < -0.39 is 35.5 Å². The molecule has 154 valence electrons. The Morgan fingerprint density at radius 2 is 2.03 bits per heavy atom. The molecule has 4 rings (SSSR count). The molecule has 11 heteroatoms. The Kier molecular flexibility index (Phi) is 4.10. The number of aryl methyl sites for hydroxylation is 1. The molecule has 0 bridgehead atoms. The van der Waals surface area contributed by atoms with Crippen molar-refractivity contribution >= 4 is 17.5 Å². The summed E-state index contributed by atoms with van der Waals surface area (Å²) in [6, 6.07) is 4.35. The topological polar surface area (TPSA) is 89.4 Å². The van der Waals surface area contributed by atoms with Gasteiger partial charge in [0.25, 0.3) is 17.4 Å². The van der Waals surface area contributed by atoms with Gasteiger partial charge in [-0.15, -0.1) is 10.2 Å². The number of carbonyl (C=O) groups is 2. The number of hydrogen-bond acceptors (Lipinski definition) is 5. The number of halogens is 3. The molecule has 2 atom stereocenters. The van der Waals surface area contributed by atoms with Crippen LogP contribution < -0.4 is 10.1 Å². The molecular weight excluding hydrogens is 391 g/mol. The van der Waals surface area contributed by atoms with Crippen molar-refractivity contribution in [1.29, 1.82) is 0 Å². The van der Waals surface area contributed by atoms with Gasteiger partial charge < -0.3 is 19.5 Å². The average molecular weight is 409 g/mol. The van der Waals surface area contributed by atoms with Crippen molar-refractivity contribution in [3.63, 3.8) is 0 Å². The zero-order chi connectivity index (χ0) is 21.1. The van der Waals surface area contributed by atoms with Crippen molar-refractivity contribution in [2.24, 2.45) is 0 Å². The Labute approximate surface area is 163 Å². The van der Waals surface area contributed by atoms with Crippen molar-refractivity contribution in [2.45, 2.75) is 45.1 Å². The van der Waals surface area contributed by atoms with Crippen LogP contribution in [-0.4, -0.2) is 43.6 Å². The van der Waals surface area contributed by atoms with E-state index in [1.165, 1.54) is 11.8 Å². The van der Waals surface area contributed by atoms with Crippen LogP contribution in [0.2, 0.25) is 0 Å². The fourth-order valence-corrected chi connectivity index (χ4v) is 3.63. The maximum atomic E-state index is 13.2. The van der Waals surface area contributed by atoms with E-state index in [4.69, 9.17) is 4.74 Å². The van der Waals surface area contributed by atoms with Crippen molar-refractivity contribution in [3.05, 3.63) is 35.4 Å². The predicted molar refractivity (Wildman–Crippen MR) is 94.0 cm³/mol. The zero-order valence-electron chi connectivity index (χ0n) is 15.9. The molecule has 0 fully saturated rings. The molecule has 2 aromatic rings. The summed E-state index contributed by atoms with van der Waals surface area (Å²) >= 11 is 0. The molecule has 29 heavy (non-hydrogen) atoms. The minimum Gasteiger partial charge on any atom is -0.466 e. The summed E-state index contributed by atoms with van der Waals surface area (Å²) < 4.78 is 46.0. The van der Waals surface area contributed by atoms with Crippen LogP contribution in [0.15, 0.2) is 18.2 Å². The second-order valence-electron chi connectivity index (χ2n) is 7.29. The van der Waals surface area contributed by atoms with Gasteiger partial charge in [-0.05, 0) is 38.5 Å². The second kappa shape index (κ2) is 6.19. The summed E-state index contributed by atoms with van der Waals surface area (Å²) in [6.45, 7) is 4.56. The van der Waals surface area contributed by atoms with Crippen molar-refractivity contribution < 1.29 is 27.5 Å². The standard InChI is InChI=1S/C18H18F3N5O3/c1-9-4-5-12-11(8-9)22-15(27)17(3,29-12)16(28)25-6-7-26-13(10(25)2)23-24-14(26)18(19,20)21/h4-5,8,10H,6-7H2,1-3H3,(H,22,27). The highest BCUT2D eigenvalue weighted by atomic mass is 19.4. The Balaban J connectivity index is 1.64. The fraction of sp³-hybridized carbons (Fsp3) is 0.444. The summed E-state index contributed by atoms with van der Waals surface area (Å²) in [4.78, 5) is 27.2. The number of benzene rings is 1. The van der Waals surface area contributed by atoms with Crippen LogP contribution in [-0.2, 0) is 22.3 Å². The van der Waals surface area contributed by atoms with E-state index in [9.17, 15) is 22.8 Å². The van der Waals surface area contributed by atoms with Crippen LogP contribution >= 0.6 is 0 Å². The first-order chi connectivity index (χ1) is 13.5. The second-order valence-corrected chi connectivity index (χ2v) is 7.29. The van der Waals surface area contributed by atoms with Crippen LogP contribution in [0.5, 0.6) is 5.75 Å². The summed E-state index contributed by atoms with van der Waals surface area (Å²) in [5, 5.41) is 9.54. The molecule has 0 spiro atoms. The molecule has 2 aliphatic rings. The smallest absolute Gasteiger partial charge is 0.451 e. The zero-order valence-corrected chi connectivity index (χ0v) is 15.9. The van der Waals surface area contributed by atoms with E-state index in [1.54, 1.807) is 25.1 Å². The third-order valence-corrected chi connectivity index (χ3v) is 5.24. The maximum absolute atomic E-state index is 13.2. The molecular formula is C18H18F3N5O3. The van der Waals surface area contributed by atoms with Crippen LogP contribution in [0.25, 0.3) is 0 Å². The number of nitrogens with zero attached hydrogens (tertiary/aromatic N) is 4. The largest absolute Gasteiger partial charge is 0.466 e. The van der Waals surface area contributed by atoms with Gasteiger partial charge in [0.15, 0.2) is 5.82 Å².